The Morgan fingerprint density at radius 3 is 2.51 bits per heavy atom. The third kappa shape index (κ3) is 4.68. The van der Waals surface area contributed by atoms with Crippen LogP contribution in [0.5, 0.6) is 0 Å². The summed E-state index contributed by atoms with van der Waals surface area (Å²) in [7, 11) is 1.86. The molecule has 182 valence electrons. The Labute approximate surface area is 207 Å². The second-order valence-corrected chi connectivity index (χ2v) is 10.7. The van der Waals surface area contributed by atoms with Crippen molar-refractivity contribution in [3.63, 3.8) is 0 Å². The highest BCUT2D eigenvalue weighted by molar-refractivity contribution is 5.82. The molecule has 3 aromatic rings. The van der Waals surface area contributed by atoms with Gasteiger partial charge < -0.3 is 15.5 Å². The summed E-state index contributed by atoms with van der Waals surface area (Å²) in [6.45, 7) is 6.40. The number of rotatable bonds is 7. The van der Waals surface area contributed by atoms with Gasteiger partial charge in [0.05, 0.1) is 22.4 Å². The minimum Gasteiger partial charge on any atom is -0.387 e. The number of benzene rings is 1. The molecule has 7 heteroatoms. The molecular weight excluding hydrogens is 434 g/mol. The number of aromatic nitrogens is 4. The lowest BCUT2D eigenvalue weighted by molar-refractivity contribution is 0.159. The van der Waals surface area contributed by atoms with Crippen molar-refractivity contribution >= 4 is 28.2 Å². The summed E-state index contributed by atoms with van der Waals surface area (Å²) in [5.41, 5.74) is 6.47. The van der Waals surface area contributed by atoms with Gasteiger partial charge >= 0.3 is 0 Å². The quantitative estimate of drug-likeness (QED) is 0.521. The van der Waals surface area contributed by atoms with Gasteiger partial charge in [0.15, 0.2) is 0 Å². The number of fused-ring (bicyclic) bond motifs is 3. The molecule has 0 radical (unpaired) electrons. The third-order valence-electron chi connectivity index (χ3n) is 8.28. The molecule has 2 aliphatic heterocycles. The molecular formula is C28H35N7. The first-order valence-corrected chi connectivity index (χ1v) is 13.1. The van der Waals surface area contributed by atoms with Crippen LogP contribution < -0.4 is 15.5 Å². The first-order valence-electron chi connectivity index (χ1n) is 13.1. The van der Waals surface area contributed by atoms with Crippen LogP contribution in [0.1, 0.15) is 49.8 Å². The van der Waals surface area contributed by atoms with Crippen LogP contribution in [0.25, 0.3) is 16.7 Å². The number of nitrogens with zero attached hydrogens (tertiary/aromatic N) is 5. The molecule has 0 atom stereocenters. The highest BCUT2D eigenvalue weighted by atomic mass is 15.2. The first-order chi connectivity index (χ1) is 17.1. The molecule has 0 spiro atoms. The molecule has 2 aliphatic carbocycles. The molecule has 2 saturated carbocycles. The molecule has 0 amide bonds. The monoisotopic (exact) mass is 469 g/mol. The van der Waals surface area contributed by atoms with Gasteiger partial charge in [0.1, 0.15) is 12.1 Å². The van der Waals surface area contributed by atoms with E-state index in [2.05, 4.69) is 49.2 Å². The van der Waals surface area contributed by atoms with Crippen molar-refractivity contribution in [1.82, 2.24) is 25.3 Å². The summed E-state index contributed by atoms with van der Waals surface area (Å²) in [5, 5.41) is 6.68. The Morgan fingerprint density at radius 1 is 0.971 bits per heavy atom. The lowest BCUT2D eigenvalue weighted by atomic mass is 9.71. The number of anilines is 2. The molecule has 35 heavy (non-hydrogen) atoms. The number of hydrogen-bond donors (Lipinski definition) is 2. The standard InChI is InChI=1S/C28H35N7/c1-18(29-2)25-14-27(33-17-32-25)34-23-5-3-19(4-6-23)11-22-12-24(13-26-28(22)31-8-7-30-26)35-15-20-9-21(10-20)16-35/h7-8,12-14,17,19-21,23,29H,1,3-6,9-11,15-16H2,2H3,(H,32,33,34)/t19-,20-,21-,23+. The molecule has 4 aliphatic rings. The fourth-order valence-electron chi connectivity index (χ4n) is 6.31. The van der Waals surface area contributed by atoms with Crippen LogP contribution in [0.15, 0.2) is 43.5 Å². The van der Waals surface area contributed by atoms with E-state index in [1.54, 1.807) is 6.33 Å². The number of piperidine rings is 2. The fraction of sp³-hybridized carbons (Fsp3) is 0.500. The zero-order valence-corrected chi connectivity index (χ0v) is 20.6. The van der Waals surface area contributed by atoms with E-state index < -0.39 is 0 Å². The predicted octanol–water partition coefficient (Wildman–Crippen LogP) is 4.67. The summed E-state index contributed by atoms with van der Waals surface area (Å²) < 4.78 is 0. The van der Waals surface area contributed by atoms with E-state index in [9.17, 15) is 0 Å². The SMILES string of the molecule is C=C(NC)c1cc(N[C@H]2CC[C@@H](Cc3cc(N4C[C@H]5C[C@H](C4)C5)cc4nccnc34)CC2)ncn1. The van der Waals surface area contributed by atoms with E-state index in [0.29, 0.717) is 12.0 Å². The Morgan fingerprint density at radius 2 is 1.74 bits per heavy atom. The minimum atomic E-state index is 0.444. The van der Waals surface area contributed by atoms with Gasteiger partial charge in [-0.2, -0.15) is 0 Å². The normalized spacial score (nSPS) is 25.7. The maximum Gasteiger partial charge on any atom is 0.130 e. The van der Waals surface area contributed by atoms with E-state index in [-0.39, 0.29) is 0 Å². The second kappa shape index (κ2) is 9.44. The van der Waals surface area contributed by atoms with Gasteiger partial charge in [0.25, 0.3) is 0 Å². The molecule has 1 aromatic carbocycles. The van der Waals surface area contributed by atoms with Crippen molar-refractivity contribution in [1.29, 1.82) is 0 Å². The van der Waals surface area contributed by atoms with Crippen LogP contribution in [0, 0.1) is 17.8 Å². The lowest BCUT2D eigenvalue weighted by Crippen LogP contribution is -2.48. The molecule has 7 nitrogen and oxygen atoms in total. The molecule has 4 fully saturated rings. The third-order valence-corrected chi connectivity index (χ3v) is 8.28. The first kappa shape index (κ1) is 22.3. The van der Waals surface area contributed by atoms with Crippen molar-refractivity contribution in [2.45, 2.75) is 51.0 Å². The van der Waals surface area contributed by atoms with E-state index >= 15 is 0 Å². The van der Waals surface area contributed by atoms with Crippen molar-refractivity contribution in [3.8, 4) is 0 Å². The van der Waals surface area contributed by atoms with Crippen molar-refractivity contribution < 1.29 is 0 Å². The zero-order chi connectivity index (χ0) is 23.8. The van der Waals surface area contributed by atoms with Crippen LogP contribution in [-0.2, 0) is 6.42 Å². The highest BCUT2D eigenvalue weighted by Gasteiger charge is 2.37. The Hall–Kier alpha value is -3.22. The van der Waals surface area contributed by atoms with E-state index in [1.807, 2.05) is 25.5 Å². The summed E-state index contributed by atoms with van der Waals surface area (Å²) in [4.78, 5) is 20.7. The minimum absolute atomic E-state index is 0.444. The summed E-state index contributed by atoms with van der Waals surface area (Å²) in [6, 6.07) is 7.10. The van der Waals surface area contributed by atoms with Crippen LogP contribution in [-0.4, -0.2) is 46.1 Å². The Bertz CT molecular complexity index is 1200. The maximum absolute atomic E-state index is 4.74. The van der Waals surface area contributed by atoms with Gasteiger partial charge in [0, 0.05) is 50.3 Å². The van der Waals surface area contributed by atoms with Crippen LogP contribution >= 0.6 is 0 Å². The molecule has 2 N–H and O–H groups in total. The number of hydrogen-bond acceptors (Lipinski definition) is 7. The predicted molar refractivity (Wildman–Crippen MR) is 141 cm³/mol. The van der Waals surface area contributed by atoms with Gasteiger partial charge in [-0.1, -0.05) is 6.58 Å². The fourth-order valence-corrected chi connectivity index (χ4v) is 6.31. The van der Waals surface area contributed by atoms with Gasteiger partial charge in [-0.3, -0.25) is 9.97 Å². The van der Waals surface area contributed by atoms with Crippen molar-refractivity contribution in [2.24, 2.45) is 17.8 Å². The molecule has 2 aromatic heterocycles. The zero-order valence-electron chi connectivity index (χ0n) is 20.6. The lowest BCUT2D eigenvalue weighted by Gasteiger charge is -2.48. The highest BCUT2D eigenvalue weighted by Crippen LogP contribution is 2.42. The summed E-state index contributed by atoms with van der Waals surface area (Å²) >= 11 is 0. The van der Waals surface area contributed by atoms with E-state index in [4.69, 9.17) is 4.98 Å². The summed E-state index contributed by atoms with van der Waals surface area (Å²) in [5.74, 6) is 3.33. The van der Waals surface area contributed by atoms with Crippen molar-refractivity contribution in [3.05, 3.63) is 54.8 Å². The summed E-state index contributed by atoms with van der Waals surface area (Å²) in [6.07, 6.45) is 13.9. The van der Waals surface area contributed by atoms with E-state index in [1.165, 1.54) is 50.0 Å². The topological polar surface area (TPSA) is 78.9 Å². The Balaban J connectivity index is 1.12. The van der Waals surface area contributed by atoms with Crippen LogP contribution in [0.4, 0.5) is 11.5 Å². The van der Waals surface area contributed by atoms with Crippen molar-refractivity contribution in [2.75, 3.05) is 30.4 Å². The molecule has 2 saturated heterocycles. The molecule has 0 unspecified atom stereocenters. The molecule has 7 rings (SSSR count). The Kier molecular flexibility index (Phi) is 6.00. The van der Waals surface area contributed by atoms with Crippen LogP contribution in [0.2, 0.25) is 0 Å². The second-order valence-electron chi connectivity index (χ2n) is 10.7. The average Bonchev–Trinajstić information content (AvgIpc) is 2.89. The molecule has 2 bridgehead atoms. The van der Waals surface area contributed by atoms with Gasteiger partial charge in [-0.25, -0.2) is 9.97 Å². The van der Waals surface area contributed by atoms with Crippen LogP contribution in [0.3, 0.4) is 0 Å². The average molecular weight is 470 g/mol. The largest absolute Gasteiger partial charge is 0.387 e. The van der Waals surface area contributed by atoms with Gasteiger partial charge in [0.2, 0.25) is 0 Å². The number of nitrogens with one attached hydrogen (secondary N) is 2. The maximum atomic E-state index is 4.74. The van der Waals surface area contributed by atoms with E-state index in [0.717, 1.165) is 59.3 Å². The molecule has 4 heterocycles. The van der Waals surface area contributed by atoms with Gasteiger partial charge in [-0.05, 0) is 80.4 Å². The smallest absolute Gasteiger partial charge is 0.130 e. The van der Waals surface area contributed by atoms with Gasteiger partial charge in [-0.15, -0.1) is 0 Å².